The first-order chi connectivity index (χ1) is 12.1. The zero-order valence-corrected chi connectivity index (χ0v) is 16.1. The lowest BCUT2D eigenvalue weighted by atomic mass is 10.0. The Balaban J connectivity index is 1.93. The summed E-state index contributed by atoms with van der Waals surface area (Å²) in [5.41, 5.74) is 2.24. The minimum absolute atomic E-state index is 0.0324. The Kier molecular flexibility index (Phi) is 5.33. The number of nitrogens with zero attached hydrogens (tertiary/aromatic N) is 1. The molecule has 4 nitrogen and oxygen atoms in total. The molecule has 3 rings (SSSR count). The number of thiophene rings is 1. The van der Waals surface area contributed by atoms with Gasteiger partial charge in [-0.3, -0.25) is 4.79 Å². The minimum Gasteiger partial charge on any atom is -0.497 e. The number of amides is 1. The van der Waals surface area contributed by atoms with Gasteiger partial charge in [0.1, 0.15) is 11.5 Å². The molecule has 1 aromatic heterocycles. The van der Waals surface area contributed by atoms with Crippen molar-refractivity contribution in [2.75, 3.05) is 20.8 Å². The van der Waals surface area contributed by atoms with Crippen molar-refractivity contribution in [1.29, 1.82) is 0 Å². The van der Waals surface area contributed by atoms with Gasteiger partial charge in [0, 0.05) is 17.0 Å². The van der Waals surface area contributed by atoms with Crippen LogP contribution in [0.2, 0.25) is 0 Å². The van der Waals surface area contributed by atoms with Crippen molar-refractivity contribution >= 4 is 17.2 Å². The Hall–Kier alpha value is -2.01. The number of hydrogen-bond donors (Lipinski definition) is 0. The molecule has 2 aromatic rings. The fourth-order valence-electron chi connectivity index (χ4n) is 3.55. The van der Waals surface area contributed by atoms with Gasteiger partial charge in [-0.15, -0.1) is 11.3 Å². The Morgan fingerprint density at radius 2 is 2.08 bits per heavy atom. The lowest BCUT2D eigenvalue weighted by Crippen LogP contribution is -2.30. The summed E-state index contributed by atoms with van der Waals surface area (Å²) in [5, 5.41) is 0. The summed E-state index contributed by atoms with van der Waals surface area (Å²) in [4.78, 5) is 17.2. The first kappa shape index (κ1) is 17.8. The van der Waals surface area contributed by atoms with Gasteiger partial charge in [0.05, 0.1) is 25.1 Å². The summed E-state index contributed by atoms with van der Waals surface area (Å²) < 4.78 is 10.9. The van der Waals surface area contributed by atoms with Gasteiger partial charge in [0.25, 0.3) is 5.91 Å². The van der Waals surface area contributed by atoms with Crippen LogP contribution in [0.4, 0.5) is 0 Å². The summed E-state index contributed by atoms with van der Waals surface area (Å²) in [5.74, 6) is 1.72. The number of methoxy groups -OCH3 is 2. The van der Waals surface area contributed by atoms with E-state index >= 15 is 0 Å². The second-order valence-electron chi connectivity index (χ2n) is 6.33. The molecule has 0 radical (unpaired) electrons. The highest BCUT2D eigenvalue weighted by molar-refractivity contribution is 7.14. The van der Waals surface area contributed by atoms with Crippen molar-refractivity contribution in [2.24, 2.45) is 0 Å². The normalized spacial score (nSPS) is 17.0. The van der Waals surface area contributed by atoms with Crippen LogP contribution in [0.25, 0.3) is 0 Å². The molecule has 1 amide bonds. The average Bonchev–Trinajstić information content (AvgIpc) is 3.27. The monoisotopic (exact) mass is 359 g/mol. The number of benzene rings is 1. The van der Waals surface area contributed by atoms with E-state index in [1.165, 1.54) is 10.4 Å². The summed E-state index contributed by atoms with van der Waals surface area (Å²) in [6, 6.07) is 7.86. The minimum atomic E-state index is 0.0324. The van der Waals surface area contributed by atoms with Gasteiger partial charge in [-0.1, -0.05) is 6.92 Å². The highest BCUT2D eigenvalue weighted by atomic mass is 32.1. The van der Waals surface area contributed by atoms with Crippen molar-refractivity contribution in [1.82, 2.24) is 4.90 Å². The molecule has 1 atom stereocenters. The van der Waals surface area contributed by atoms with E-state index in [4.69, 9.17) is 9.47 Å². The second kappa shape index (κ2) is 7.48. The number of aryl methyl sites for hydroxylation is 2. The maximum absolute atomic E-state index is 13.1. The third-order valence-electron chi connectivity index (χ3n) is 4.86. The molecule has 0 bridgehead atoms. The van der Waals surface area contributed by atoms with E-state index in [0.29, 0.717) is 0 Å². The molecule has 25 heavy (non-hydrogen) atoms. The van der Waals surface area contributed by atoms with Crippen LogP contribution in [0.1, 0.15) is 51.5 Å². The number of carbonyl (C=O) groups is 1. The van der Waals surface area contributed by atoms with Gasteiger partial charge in [-0.2, -0.15) is 0 Å². The van der Waals surface area contributed by atoms with Crippen molar-refractivity contribution in [3.63, 3.8) is 0 Å². The van der Waals surface area contributed by atoms with Crippen molar-refractivity contribution in [3.05, 3.63) is 45.1 Å². The van der Waals surface area contributed by atoms with Crippen LogP contribution in [0.3, 0.4) is 0 Å². The van der Waals surface area contributed by atoms with Gasteiger partial charge in [0.2, 0.25) is 0 Å². The molecule has 0 aliphatic carbocycles. The SMILES string of the molecule is CCc1sc(C(=O)N2CCCC2c2cc(OC)ccc2OC)cc1C. The van der Waals surface area contributed by atoms with Gasteiger partial charge >= 0.3 is 0 Å². The molecular formula is C20H25NO3S. The van der Waals surface area contributed by atoms with Crippen molar-refractivity contribution < 1.29 is 14.3 Å². The molecule has 0 spiro atoms. The largest absolute Gasteiger partial charge is 0.497 e. The molecule has 1 aliphatic rings. The number of carbonyl (C=O) groups excluding carboxylic acids is 1. The molecule has 1 aromatic carbocycles. The van der Waals surface area contributed by atoms with E-state index in [-0.39, 0.29) is 11.9 Å². The van der Waals surface area contributed by atoms with E-state index in [9.17, 15) is 4.79 Å². The van der Waals surface area contributed by atoms with E-state index in [2.05, 4.69) is 13.8 Å². The summed E-state index contributed by atoms with van der Waals surface area (Å²) in [7, 11) is 3.33. The number of likely N-dealkylation sites (tertiary alicyclic amines) is 1. The van der Waals surface area contributed by atoms with Gasteiger partial charge < -0.3 is 14.4 Å². The Labute approximate surface area is 153 Å². The second-order valence-corrected chi connectivity index (χ2v) is 7.47. The standard InChI is InChI=1S/C20H25NO3S/c1-5-18-13(2)11-19(25-18)20(22)21-10-6-7-16(21)15-12-14(23-3)8-9-17(15)24-4/h8-9,11-12,16H,5-7,10H2,1-4H3. The van der Waals surface area contributed by atoms with Gasteiger partial charge in [0.15, 0.2) is 0 Å². The molecular weight excluding hydrogens is 334 g/mol. The van der Waals surface area contributed by atoms with Crippen molar-refractivity contribution in [3.8, 4) is 11.5 Å². The Morgan fingerprint density at radius 1 is 1.28 bits per heavy atom. The number of hydrogen-bond acceptors (Lipinski definition) is 4. The van der Waals surface area contributed by atoms with Crippen molar-refractivity contribution in [2.45, 2.75) is 39.2 Å². The molecule has 1 fully saturated rings. The van der Waals surface area contributed by atoms with Crippen LogP contribution >= 0.6 is 11.3 Å². The molecule has 0 N–H and O–H groups in total. The predicted molar refractivity (Wildman–Crippen MR) is 101 cm³/mol. The van der Waals surface area contributed by atoms with E-state index in [1.807, 2.05) is 29.2 Å². The zero-order valence-electron chi connectivity index (χ0n) is 15.3. The number of rotatable bonds is 5. The first-order valence-corrected chi connectivity index (χ1v) is 9.52. The fraction of sp³-hybridized carbons (Fsp3) is 0.450. The predicted octanol–water partition coefficient (Wildman–Crippen LogP) is 4.61. The molecule has 0 saturated carbocycles. The lowest BCUT2D eigenvalue weighted by Gasteiger charge is -2.26. The highest BCUT2D eigenvalue weighted by Gasteiger charge is 2.33. The van der Waals surface area contributed by atoms with E-state index < -0.39 is 0 Å². The van der Waals surface area contributed by atoms with Crippen LogP contribution in [0, 0.1) is 6.92 Å². The third kappa shape index (κ3) is 3.38. The van der Waals surface area contributed by atoms with Crippen LogP contribution in [-0.4, -0.2) is 31.6 Å². The summed E-state index contributed by atoms with van der Waals surface area (Å²) >= 11 is 1.62. The van der Waals surface area contributed by atoms with Crippen LogP contribution in [0.15, 0.2) is 24.3 Å². The fourth-order valence-corrected chi connectivity index (χ4v) is 4.62. The molecule has 134 valence electrons. The van der Waals surface area contributed by atoms with Gasteiger partial charge in [-0.25, -0.2) is 0 Å². The molecule has 5 heteroatoms. The smallest absolute Gasteiger partial charge is 0.264 e. The molecule has 1 aliphatic heterocycles. The quantitative estimate of drug-likeness (QED) is 0.782. The van der Waals surface area contributed by atoms with E-state index in [1.54, 1.807) is 25.6 Å². The maximum Gasteiger partial charge on any atom is 0.264 e. The Bertz CT molecular complexity index is 768. The van der Waals surface area contributed by atoms with Gasteiger partial charge in [-0.05, 0) is 56.0 Å². The topological polar surface area (TPSA) is 38.8 Å². The first-order valence-electron chi connectivity index (χ1n) is 8.71. The van der Waals surface area contributed by atoms with E-state index in [0.717, 1.165) is 47.7 Å². The third-order valence-corrected chi connectivity index (χ3v) is 6.23. The summed E-state index contributed by atoms with van der Waals surface area (Å²) in [6.07, 6.45) is 2.92. The zero-order chi connectivity index (χ0) is 18.0. The Morgan fingerprint density at radius 3 is 2.72 bits per heavy atom. The maximum atomic E-state index is 13.1. The molecule has 1 saturated heterocycles. The van der Waals surface area contributed by atoms with Crippen LogP contribution in [0.5, 0.6) is 11.5 Å². The van der Waals surface area contributed by atoms with Crippen LogP contribution < -0.4 is 9.47 Å². The molecule has 1 unspecified atom stereocenters. The highest BCUT2D eigenvalue weighted by Crippen LogP contribution is 2.40. The average molecular weight is 359 g/mol. The van der Waals surface area contributed by atoms with Crippen LogP contribution in [-0.2, 0) is 6.42 Å². The summed E-state index contributed by atoms with van der Waals surface area (Å²) in [6.45, 7) is 4.99. The number of ether oxygens (including phenoxy) is 2. The lowest BCUT2D eigenvalue weighted by molar-refractivity contribution is 0.0739. The molecule has 2 heterocycles.